The number of nitrogens with one attached hydrogen (secondary N) is 1. The summed E-state index contributed by atoms with van der Waals surface area (Å²) in [6.07, 6.45) is 0. The molecule has 0 saturated heterocycles. The maximum atomic E-state index is 3.65. The Balaban J connectivity index is 0.958. The van der Waals surface area contributed by atoms with Crippen LogP contribution in [0, 0.1) is 0 Å². The van der Waals surface area contributed by atoms with E-state index in [0.29, 0.717) is 0 Å². The van der Waals surface area contributed by atoms with Crippen molar-refractivity contribution >= 4 is 65.4 Å². The minimum Gasteiger partial charge on any atom is -0.355 e. The van der Waals surface area contributed by atoms with Crippen molar-refractivity contribution in [2.24, 2.45) is 0 Å². The molecule has 0 radical (unpaired) electrons. The number of aromatic amines is 1. The second-order valence-corrected chi connectivity index (χ2v) is 13.5. The van der Waals surface area contributed by atoms with Crippen molar-refractivity contribution in [2.45, 2.75) is 0 Å². The molecule has 51 heavy (non-hydrogen) atoms. The molecule has 11 rings (SSSR count). The first-order chi connectivity index (χ1) is 25.3. The number of H-pyrrole nitrogens is 1. The van der Waals surface area contributed by atoms with Crippen molar-refractivity contribution in [3.63, 3.8) is 0 Å². The van der Waals surface area contributed by atoms with Gasteiger partial charge in [0.2, 0.25) is 0 Å². The fraction of sp³-hybridized carbons (Fsp3) is 0. The molecule has 11 aromatic rings. The van der Waals surface area contributed by atoms with E-state index in [0.717, 1.165) is 22.4 Å². The van der Waals surface area contributed by atoms with Crippen LogP contribution in [0.2, 0.25) is 0 Å². The van der Waals surface area contributed by atoms with Gasteiger partial charge in [-0.3, -0.25) is 0 Å². The molecule has 0 atom stereocenters. The fourth-order valence-electron chi connectivity index (χ4n) is 8.26. The van der Waals surface area contributed by atoms with Gasteiger partial charge < -0.3 is 14.1 Å². The van der Waals surface area contributed by atoms with Gasteiger partial charge in [-0.2, -0.15) is 0 Å². The molecular formula is C48H31N3. The number of rotatable bonds is 4. The van der Waals surface area contributed by atoms with Gasteiger partial charge in [-0.1, -0.05) is 109 Å². The summed E-state index contributed by atoms with van der Waals surface area (Å²) >= 11 is 0. The average Bonchev–Trinajstić information content (AvgIpc) is 3.85. The molecule has 3 heteroatoms. The smallest absolute Gasteiger partial charge is 0.0541 e. The molecule has 0 unspecified atom stereocenters. The summed E-state index contributed by atoms with van der Waals surface area (Å²) in [5, 5.41) is 7.58. The molecule has 0 aliphatic rings. The highest BCUT2D eigenvalue weighted by atomic mass is 15.0. The SMILES string of the molecule is c1ccc2c(c1)c1ccccc1n2-c1ccc(-c2ccc3[nH]c4ccc(-c5ccc(-n6c7ccccc7c7ccccc76)cc5)cc4c3c2)cc1. The molecule has 0 fully saturated rings. The van der Waals surface area contributed by atoms with Crippen molar-refractivity contribution in [2.75, 3.05) is 0 Å². The first-order valence-electron chi connectivity index (χ1n) is 17.5. The van der Waals surface area contributed by atoms with E-state index in [9.17, 15) is 0 Å². The molecule has 0 spiro atoms. The van der Waals surface area contributed by atoms with Gasteiger partial charge in [-0.25, -0.2) is 0 Å². The van der Waals surface area contributed by atoms with Crippen LogP contribution in [-0.4, -0.2) is 14.1 Å². The van der Waals surface area contributed by atoms with Crippen molar-refractivity contribution < 1.29 is 0 Å². The number of hydrogen-bond donors (Lipinski definition) is 1. The van der Waals surface area contributed by atoms with E-state index >= 15 is 0 Å². The molecule has 238 valence electrons. The standard InChI is InChI=1S/C48H31N3/c1-5-13-45-37(9-1)38-10-2-6-14-46(38)50(45)35-23-17-31(18-24-35)33-21-27-43-41(29-33)42-30-34(22-28-44(42)49-43)32-19-25-36(26-20-32)51-47-15-7-3-11-39(47)40-12-4-8-16-48(40)51/h1-30,49H. The van der Waals surface area contributed by atoms with Crippen LogP contribution < -0.4 is 0 Å². The van der Waals surface area contributed by atoms with Gasteiger partial charge >= 0.3 is 0 Å². The summed E-state index contributed by atoms with van der Waals surface area (Å²) < 4.78 is 4.74. The van der Waals surface area contributed by atoms with E-state index in [-0.39, 0.29) is 0 Å². The fourth-order valence-corrected chi connectivity index (χ4v) is 8.26. The Morgan fingerprint density at radius 1 is 0.275 bits per heavy atom. The van der Waals surface area contributed by atoms with Crippen LogP contribution in [-0.2, 0) is 0 Å². The predicted octanol–water partition coefficient (Wildman–Crippen LogP) is 12.8. The first-order valence-corrected chi connectivity index (χ1v) is 17.5. The van der Waals surface area contributed by atoms with Crippen LogP contribution in [0.15, 0.2) is 182 Å². The molecule has 0 amide bonds. The summed E-state index contributed by atoms with van der Waals surface area (Å²) in [4.78, 5) is 3.65. The van der Waals surface area contributed by atoms with Crippen LogP contribution in [0.5, 0.6) is 0 Å². The molecule has 0 bridgehead atoms. The number of hydrogen-bond acceptors (Lipinski definition) is 0. The summed E-state index contributed by atoms with van der Waals surface area (Å²) in [6.45, 7) is 0. The number of aromatic nitrogens is 3. The lowest BCUT2D eigenvalue weighted by Gasteiger charge is -2.10. The highest BCUT2D eigenvalue weighted by molar-refractivity contribution is 6.11. The van der Waals surface area contributed by atoms with E-state index < -0.39 is 0 Å². The van der Waals surface area contributed by atoms with E-state index in [1.807, 2.05) is 0 Å². The molecule has 1 N–H and O–H groups in total. The maximum Gasteiger partial charge on any atom is 0.0541 e. The molecule has 0 aliphatic heterocycles. The lowest BCUT2D eigenvalue weighted by Crippen LogP contribution is -1.93. The zero-order chi connectivity index (χ0) is 33.5. The molecular weight excluding hydrogens is 619 g/mol. The lowest BCUT2D eigenvalue weighted by atomic mass is 10.00. The third kappa shape index (κ3) is 4.25. The number of nitrogens with zero attached hydrogens (tertiary/aromatic N) is 2. The zero-order valence-electron chi connectivity index (χ0n) is 27.7. The highest BCUT2D eigenvalue weighted by Gasteiger charge is 2.14. The summed E-state index contributed by atoms with van der Waals surface area (Å²) in [6, 6.07) is 66.2. The minimum atomic E-state index is 1.15. The summed E-state index contributed by atoms with van der Waals surface area (Å²) in [7, 11) is 0. The van der Waals surface area contributed by atoms with Crippen molar-refractivity contribution in [3.8, 4) is 33.6 Å². The van der Waals surface area contributed by atoms with E-state index in [2.05, 4.69) is 196 Å². The number of benzene rings is 8. The molecule has 8 aromatic carbocycles. The second-order valence-electron chi connectivity index (χ2n) is 13.5. The van der Waals surface area contributed by atoms with Gasteiger partial charge in [0.1, 0.15) is 0 Å². The monoisotopic (exact) mass is 649 g/mol. The zero-order valence-corrected chi connectivity index (χ0v) is 27.7. The molecule has 0 saturated carbocycles. The maximum absolute atomic E-state index is 3.65. The van der Waals surface area contributed by atoms with Gasteiger partial charge in [-0.05, 0) is 95.1 Å². The topological polar surface area (TPSA) is 25.6 Å². The van der Waals surface area contributed by atoms with Crippen LogP contribution in [0.4, 0.5) is 0 Å². The Bertz CT molecular complexity index is 2800. The number of para-hydroxylation sites is 4. The Labute approximate surface area is 294 Å². The third-order valence-electron chi connectivity index (χ3n) is 10.7. The van der Waals surface area contributed by atoms with Gasteiger partial charge in [0.05, 0.1) is 22.1 Å². The van der Waals surface area contributed by atoms with Crippen molar-refractivity contribution in [1.82, 2.24) is 14.1 Å². The molecule has 0 aliphatic carbocycles. The van der Waals surface area contributed by atoms with Gasteiger partial charge in [0.15, 0.2) is 0 Å². The van der Waals surface area contributed by atoms with Crippen LogP contribution in [0.1, 0.15) is 0 Å². The number of fused-ring (bicyclic) bond motifs is 9. The third-order valence-corrected chi connectivity index (χ3v) is 10.7. The summed E-state index contributed by atoms with van der Waals surface area (Å²) in [5.41, 5.74) is 14.3. The van der Waals surface area contributed by atoms with Crippen LogP contribution in [0.25, 0.3) is 99.0 Å². The Morgan fingerprint density at radius 3 is 0.941 bits per heavy atom. The summed E-state index contributed by atoms with van der Waals surface area (Å²) in [5.74, 6) is 0. The highest BCUT2D eigenvalue weighted by Crippen LogP contribution is 2.37. The van der Waals surface area contributed by atoms with Crippen LogP contribution in [0.3, 0.4) is 0 Å². The van der Waals surface area contributed by atoms with Gasteiger partial charge in [0, 0.05) is 54.7 Å². The van der Waals surface area contributed by atoms with Crippen molar-refractivity contribution in [1.29, 1.82) is 0 Å². The van der Waals surface area contributed by atoms with Crippen molar-refractivity contribution in [3.05, 3.63) is 182 Å². The van der Waals surface area contributed by atoms with Gasteiger partial charge in [-0.15, -0.1) is 0 Å². The molecule has 3 heterocycles. The van der Waals surface area contributed by atoms with Gasteiger partial charge in [0.25, 0.3) is 0 Å². The van der Waals surface area contributed by atoms with Crippen LogP contribution >= 0.6 is 0 Å². The quantitative estimate of drug-likeness (QED) is 0.196. The Kier molecular flexibility index (Phi) is 5.96. The molecule has 3 aromatic heterocycles. The minimum absolute atomic E-state index is 1.15. The Morgan fingerprint density at radius 2 is 0.588 bits per heavy atom. The predicted molar refractivity (Wildman–Crippen MR) is 215 cm³/mol. The largest absolute Gasteiger partial charge is 0.355 e. The average molecular weight is 650 g/mol. The second kappa shape index (κ2) is 10.8. The lowest BCUT2D eigenvalue weighted by molar-refractivity contribution is 1.18. The van der Waals surface area contributed by atoms with E-state index in [4.69, 9.17) is 0 Å². The normalized spacial score (nSPS) is 11.9. The first kappa shape index (κ1) is 28.0. The molecule has 3 nitrogen and oxygen atoms in total. The van der Waals surface area contributed by atoms with E-state index in [1.54, 1.807) is 0 Å². The van der Waals surface area contributed by atoms with E-state index in [1.165, 1.54) is 76.6 Å². The Hall–Kier alpha value is -6.84.